The standard InChI is InChI=1S/C33H30N2O.4C2H6.2C2H4/c1-21(2)27-19-25(24-14-15-31-29(18-24)26-12-8-9-13-30(26)36-31)20-28(22(3)4)32(27)35-17-16-34-33(35)23-10-6-5-7-11-23;6*1-2/h5-22H,1-4H3;4*1-2H3;2*1-2H2. The van der Waals surface area contributed by atoms with Crippen LogP contribution in [0, 0.1) is 0 Å². The van der Waals surface area contributed by atoms with Gasteiger partial charge in [0.05, 0.1) is 5.69 Å². The Balaban J connectivity index is 0.00000167. The van der Waals surface area contributed by atoms with Gasteiger partial charge in [0.25, 0.3) is 0 Å². The van der Waals surface area contributed by atoms with Crippen LogP contribution < -0.4 is 0 Å². The fraction of sp³-hybridized carbons (Fsp3) is 0.311. The van der Waals surface area contributed by atoms with Crippen molar-refractivity contribution in [1.29, 1.82) is 0 Å². The van der Waals surface area contributed by atoms with Gasteiger partial charge in [-0.05, 0) is 64.4 Å². The molecule has 2 heterocycles. The number of aromatic nitrogens is 2. The van der Waals surface area contributed by atoms with Gasteiger partial charge in [-0.15, -0.1) is 26.3 Å². The Labute approximate surface area is 293 Å². The highest BCUT2D eigenvalue weighted by atomic mass is 16.3. The summed E-state index contributed by atoms with van der Waals surface area (Å²) in [5.74, 6) is 1.67. The molecule has 0 amide bonds. The van der Waals surface area contributed by atoms with Gasteiger partial charge in [0.15, 0.2) is 0 Å². The fourth-order valence-electron chi connectivity index (χ4n) is 5.20. The summed E-state index contributed by atoms with van der Waals surface area (Å²) in [4.78, 5) is 4.75. The lowest BCUT2D eigenvalue weighted by Crippen LogP contribution is -2.08. The third-order valence-corrected chi connectivity index (χ3v) is 7.04. The molecule has 0 fully saturated rings. The average molecular weight is 647 g/mol. The Morgan fingerprint density at radius 1 is 0.542 bits per heavy atom. The lowest BCUT2D eigenvalue weighted by Gasteiger charge is -2.23. The zero-order chi connectivity index (χ0) is 36.8. The highest BCUT2D eigenvalue weighted by molar-refractivity contribution is 6.06. The van der Waals surface area contributed by atoms with Crippen molar-refractivity contribution in [2.24, 2.45) is 0 Å². The SMILES string of the molecule is C=C.C=C.CC.CC.CC.CC.CC(C)c1cc(-c2ccc3oc4ccccc4c3c2)cc(C(C)C)c1-n1ccnc1-c1ccccc1. The summed E-state index contributed by atoms with van der Waals surface area (Å²) in [7, 11) is 0. The summed E-state index contributed by atoms with van der Waals surface area (Å²) >= 11 is 0. The highest BCUT2D eigenvalue weighted by Gasteiger charge is 2.21. The summed E-state index contributed by atoms with van der Waals surface area (Å²) in [6, 6.07) is 30.0. The normalized spacial score (nSPS) is 9.54. The van der Waals surface area contributed by atoms with E-state index in [1.807, 2.05) is 79.8 Å². The van der Waals surface area contributed by atoms with E-state index in [1.54, 1.807) is 0 Å². The van der Waals surface area contributed by atoms with Crippen LogP contribution >= 0.6 is 0 Å². The van der Waals surface area contributed by atoms with Crippen LogP contribution in [0.5, 0.6) is 0 Å². The Hall–Kier alpha value is -4.63. The second kappa shape index (κ2) is 23.7. The summed E-state index contributed by atoms with van der Waals surface area (Å²) in [5.41, 5.74) is 9.31. The summed E-state index contributed by atoms with van der Waals surface area (Å²) < 4.78 is 8.35. The van der Waals surface area contributed by atoms with Gasteiger partial charge in [-0.1, -0.05) is 138 Å². The van der Waals surface area contributed by atoms with Crippen LogP contribution in [0.4, 0.5) is 0 Å². The van der Waals surface area contributed by atoms with Crippen LogP contribution in [0.15, 0.2) is 128 Å². The Morgan fingerprint density at radius 3 is 1.58 bits per heavy atom. The number of hydrogen-bond acceptors (Lipinski definition) is 2. The van der Waals surface area contributed by atoms with Crippen molar-refractivity contribution in [3.8, 4) is 28.2 Å². The molecule has 6 rings (SSSR count). The van der Waals surface area contributed by atoms with Crippen LogP contribution in [0.25, 0.3) is 50.1 Å². The van der Waals surface area contributed by atoms with Crippen molar-refractivity contribution in [3.05, 3.63) is 135 Å². The second-order valence-corrected chi connectivity index (χ2v) is 10.1. The van der Waals surface area contributed by atoms with E-state index >= 15 is 0 Å². The Kier molecular flexibility index (Phi) is 21.4. The van der Waals surface area contributed by atoms with E-state index in [9.17, 15) is 0 Å². The maximum absolute atomic E-state index is 6.08. The van der Waals surface area contributed by atoms with Gasteiger partial charge >= 0.3 is 0 Å². The molecule has 6 aromatic rings. The van der Waals surface area contributed by atoms with Crippen LogP contribution in [-0.2, 0) is 0 Å². The van der Waals surface area contributed by atoms with Crippen molar-refractivity contribution in [2.45, 2.75) is 94.9 Å². The van der Waals surface area contributed by atoms with Gasteiger partial charge in [0.1, 0.15) is 17.0 Å². The zero-order valence-corrected chi connectivity index (χ0v) is 32.0. The number of nitrogens with zero attached hydrogens (tertiary/aromatic N) is 2. The zero-order valence-electron chi connectivity index (χ0n) is 32.0. The summed E-state index contributed by atoms with van der Waals surface area (Å²) in [5, 5.41) is 2.32. The quantitative estimate of drug-likeness (QED) is 0.175. The predicted molar refractivity (Wildman–Crippen MR) is 218 cm³/mol. The van der Waals surface area contributed by atoms with Crippen molar-refractivity contribution < 1.29 is 4.42 Å². The molecule has 0 saturated heterocycles. The molecule has 0 aliphatic rings. The molecule has 4 aromatic carbocycles. The van der Waals surface area contributed by atoms with E-state index in [4.69, 9.17) is 9.40 Å². The third-order valence-electron chi connectivity index (χ3n) is 7.04. The van der Waals surface area contributed by atoms with Gasteiger partial charge in [0, 0.05) is 28.7 Å². The van der Waals surface area contributed by atoms with Crippen LogP contribution in [0.2, 0.25) is 0 Å². The molecule has 258 valence electrons. The molecule has 0 saturated carbocycles. The number of para-hydroxylation sites is 1. The van der Waals surface area contributed by atoms with Crippen molar-refractivity contribution in [2.75, 3.05) is 0 Å². The topological polar surface area (TPSA) is 31.0 Å². The Morgan fingerprint density at radius 2 is 1.04 bits per heavy atom. The molecule has 3 nitrogen and oxygen atoms in total. The molecular weight excluding hydrogens is 585 g/mol. The minimum atomic E-state index is 0.349. The van der Waals surface area contributed by atoms with Crippen molar-refractivity contribution in [3.63, 3.8) is 0 Å². The third kappa shape index (κ3) is 10.2. The van der Waals surface area contributed by atoms with Gasteiger partial charge in [0.2, 0.25) is 0 Å². The van der Waals surface area contributed by atoms with Gasteiger partial charge in [-0.2, -0.15) is 0 Å². The van der Waals surface area contributed by atoms with Crippen molar-refractivity contribution >= 4 is 21.9 Å². The molecule has 0 aliphatic heterocycles. The second-order valence-electron chi connectivity index (χ2n) is 10.1. The molecule has 0 spiro atoms. The number of hydrogen-bond donors (Lipinski definition) is 0. The van der Waals surface area contributed by atoms with E-state index in [-0.39, 0.29) is 0 Å². The van der Waals surface area contributed by atoms with E-state index in [1.165, 1.54) is 27.9 Å². The first-order chi connectivity index (χ1) is 23.5. The number of rotatable bonds is 5. The first kappa shape index (κ1) is 43.4. The highest BCUT2D eigenvalue weighted by Crippen LogP contribution is 2.39. The molecule has 0 atom stereocenters. The molecule has 0 N–H and O–H groups in total. The lowest BCUT2D eigenvalue weighted by molar-refractivity contribution is 0.669. The molecule has 2 aromatic heterocycles. The number of furan rings is 1. The maximum atomic E-state index is 6.08. The summed E-state index contributed by atoms with van der Waals surface area (Å²) in [6.45, 7) is 37.1. The van der Waals surface area contributed by atoms with Gasteiger partial charge < -0.3 is 4.42 Å². The molecule has 0 unspecified atom stereocenters. The van der Waals surface area contributed by atoms with Crippen LogP contribution in [-0.4, -0.2) is 9.55 Å². The minimum absolute atomic E-state index is 0.349. The van der Waals surface area contributed by atoms with Crippen molar-refractivity contribution in [1.82, 2.24) is 9.55 Å². The predicted octanol–water partition coefficient (Wildman–Crippen LogP) is 15.1. The van der Waals surface area contributed by atoms with E-state index in [2.05, 4.69) is 132 Å². The van der Waals surface area contributed by atoms with Crippen LogP contribution in [0.1, 0.15) is 106 Å². The molecule has 0 radical (unpaired) electrons. The van der Waals surface area contributed by atoms with Gasteiger partial charge in [-0.25, -0.2) is 4.98 Å². The molecule has 48 heavy (non-hydrogen) atoms. The molecule has 3 heteroatoms. The average Bonchev–Trinajstić information content (AvgIpc) is 3.81. The van der Waals surface area contributed by atoms with Gasteiger partial charge in [-0.3, -0.25) is 4.57 Å². The smallest absolute Gasteiger partial charge is 0.144 e. The number of fused-ring (bicyclic) bond motifs is 3. The lowest BCUT2D eigenvalue weighted by atomic mass is 9.88. The molecule has 0 bridgehead atoms. The fourth-order valence-corrected chi connectivity index (χ4v) is 5.20. The summed E-state index contributed by atoms with van der Waals surface area (Å²) in [6.07, 6.45) is 4.00. The first-order valence-electron chi connectivity index (χ1n) is 17.7. The largest absolute Gasteiger partial charge is 0.456 e. The monoisotopic (exact) mass is 646 g/mol. The van der Waals surface area contributed by atoms with E-state index < -0.39 is 0 Å². The maximum Gasteiger partial charge on any atom is 0.144 e. The van der Waals surface area contributed by atoms with E-state index in [0.717, 1.165) is 33.3 Å². The first-order valence-corrected chi connectivity index (χ1v) is 17.7. The number of benzene rings is 4. The van der Waals surface area contributed by atoms with E-state index in [0.29, 0.717) is 11.8 Å². The number of imidazole rings is 1. The molecule has 0 aliphatic carbocycles. The van der Waals surface area contributed by atoms with Crippen LogP contribution in [0.3, 0.4) is 0 Å². The Bertz CT molecular complexity index is 1690. The molecular formula is C45H62N2O. The minimum Gasteiger partial charge on any atom is -0.456 e.